The number of carbonyl (C=O) groups excluding carboxylic acids is 1. The van der Waals surface area contributed by atoms with Gasteiger partial charge in [-0.05, 0) is 50.7 Å². The quantitative estimate of drug-likeness (QED) is 0.279. The molecule has 1 aromatic carbocycles. The second-order valence-electron chi connectivity index (χ2n) is 9.50. The van der Waals surface area contributed by atoms with Crippen molar-refractivity contribution in [2.75, 3.05) is 31.1 Å². The average molecular weight is 494 g/mol. The Morgan fingerprint density at radius 2 is 1.89 bits per heavy atom. The van der Waals surface area contributed by atoms with Gasteiger partial charge in [0, 0.05) is 54.7 Å². The molecule has 5 rings (SSSR count). The lowest BCUT2D eigenvalue weighted by atomic mass is 10.1. The Morgan fingerprint density at radius 1 is 1.11 bits per heavy atom. The average Bonchev–Trinajstić information content (AvgIpc) is 3.04. The minimum atomic E-state index is -0.428. The molecule has 0 atom stereocenters. The van der Waals surface area contributed by atoms with Gasteiger partial charge in [-0.3, -0.25) is 14.9 Å². The van der Waals surface area contributed by atoms with E-state index in [2.05, 4.69) is 11.8 Å². The van der Waals surface area contributed by atoms with Gasteiger partial charge in [-0.2, -0.15) is 0 Å². The lowest BCUT2D eigenvalue weighted by molar-refractivity contribution is -0.385. The fourth-order valence-corrected chi connectivity index (χ4v) is 6.44. The normalized spacial score (nSPS) is 16.3. The number of hydrogen-bond donors (Lipinski definition) is 0. The van der Waals surface area contributed by atoms with Gasteiger partial charge in [0.05, 0.1) is 10.3 Å². The van der Waals surface area contributed by atoms with Gasteiger partial charge < -0.3 is 9.80 Å². The largest absolute Gasteiger partial charge is 0.352 e. The van der Waals surface area contributed by atoms with Gasteiger partial charge in [-0.15, -0.1) is 11.3 Å². The summed E-state index contributed by atoms with van der Waals surface area (Å²) in [7, 11) is 0. The maximum Gasteiger partial charge on any atom is 0.273 e. The maximum absolute atomic E-state index is 13.1. The van der Waals surface area contributed by atoms with Crippen LogP contribution in [0.3, 0.4) is 0 Å². The standard InChI is InChI=1S/C26H31N5O3S/c1-3-7-22-27-24(23-19-8-5-4-6-9-21(19)35-25(23)28-22)29-12-14-30(15-13-29)26(32)18-11-10-17(2)20(16-18)31(33)34/h10-11,16H,3-9,12-15H2,1-2H3. The number of nitrogens with zero attached hydrogens (tertiary/aromatic N) is 5. The summed E-state index contributed by atoms with van der Waals surface area (Å²) in [5, 5.41) is 12.5. The van der Waals surface area contributed by atoms with E-state index >= 15 is 0 Å². The first-order valence-corrected chi connectivity index (χ1v) is 13.4. The molecule has 1 aliphatic carbocycles. The molecule has 3 aromatic rings. The van der Waals surface area contributed by atoms with Crippen molar-refractivity contribution in [3.8, 4) is 0 Å². The molecule has 0 spiro atoms. The van der Waals surface area contributed by atoms with E-state index in [9.17, 15) is 14.9 Å². The van der Waals surface area contributed by atoms with Crippen molar-refractivity contribution in [3.63, 3.8) is 0 Å². The van der Waals surface area contributed by atoms with Crippen LogP contribution < -0.4 is 4.90 Å². The van der Waals surface area contributed by atoms with Crippen LogP contribution in [0.4, 0.5) is 11.5 Å². The van der Waals surface area contributed by atoms with Crippen molar-refractivity contribution in [1.29, 1.82) is 0 Å². The summed E-state index contributed by atoms with van der Waals surface area (Å²) in [6.45, 7) is 6.31. The third kappa shape index (κ3) is 4.61. The van der Waals surface area contributed by atoms with Crippen LogP contribution in [0.15, 0.2) is 18.2 Å². The number of rotatable bonds is 5. The number of fused-ring (bicyclic) bond motifs is 3. The van der Waals surface area contributed by atoms with E-state index < -0.39 is 4.92 Å². The molecule has 8 nitrogen and oxygen atoms in total. The molecule has 1 amide bonds. The summed E-state index contributed by atoms with van der Waals surface area (Å²) in [4.78, 5) is 40.7. The van der Waals surface area contributed by atoms with E-state index in [1.165, 1.54) is 41.2 Å². The summed E-state index contributed by atoms with van der Waals surface area (Å²) < 4.78 is 0. The highest BCUT2D eigenvalue weighted by Crippen LogP contribution is 2.39. The number of aryl methyl sites for hydroxylation is 4. The van der Waals surface area contributed by atoms with Crippen LogP contribution in [-0.4, -0.2) is 51.9 Å². The zero-order valence-electron chi connectivity index (χ0n) is 20.4. The molecule has 184 valence electrons. The number of benzene rings is 1. The lowest BCUT2D eigenvalue weighted by Crippen LogP contribution is -2.49. The molecule has 0 unspecified atom stereocenters. The number of aromatic nitrogens is 2. The van der Waals surface area contributed by atoms with E-state index in [0.717, 1.165) is 42.2 Å². The molecular formula is C26H31N5O3S. The van der Waals surface area contributed by atoms with Crippen molar-refractivity contribution < 1.29 is 9.72 Å². The maximum atomic E-state index is 13.1. The number of hydrogen-bond acceptors (Lipinski definition) is 7. The van der Waals surface area contributed by atoms with Crippen LogP contribution in [0.1, 0.15) is 64.8 Å². The van der Waals surface area contributed by atoms with Crippen molar-refractivity contribution in [2.24, 2.45) is 0 Å². The molecule has 0 N–H and O–H groups in total. The molecule has 2 aliphatic rings. The topological polar surface area (TPSA) is 92.5 Å². The van der Waals surface area contributed by atoms with Gasteiger partial charge in [0.2, 0.25) is 0 Å². The fourth-order valence-electron chi connectivity index (χ4n) is 5.17. The summed E-state index contributed by atoms with van der Waals surface area (Å²) in [6, 6.07) is 4.73. The summed E-state index contributed by atoms with van der Waals surface area (Å²) >= 11 is 1.84. The molecule has 0 bridgehead atoms. The van der Waals surface area contributed by atoms with E-state index in [-0.39, 0.29) is 11.6 Å². The third-order valence-electron chi connectivity index (χ3n) is 7.08. The van der Waals surface area contributed by atoms with Crippen molar-refractivity contribution in [1.82, 2.24) is 14.9 Å². The first-order chi connectivity index (χ1) is 17.0. The first kappa shape index (κ1) is 23.7. The van der Waals surface area contributed by atoms with Crippen molar-refractivity contribution in [3.05, 3.63) is 55.7 Å². The minimum Gasteiger partial charge on any atom is -0.352 e. The summed E-state index contributed by atoms with van der Waals surface area (Å²) in [5.41, 5.74) is 2.35. The zero-order chi connectivity index (χ0) is 24.5. The number of nitro groups is 1. The number of anilines is 1. The monoisotopic (exact) mass is 493 g/mol. The van der Waals surface area contributed by atoms with Crippen molar-refractivity contribution in [2.45, 2.75) is 58.8 Å². The van der Waals surface area contributed by atoms with Crippen LogP contribution in [0.25, 0.3) is 10.2 Å². The van der Waals surface area contributed by atoms with Gasteiger partial charge in [0.15, 0.2) is 0 Å². The highest BCUT2D eigenvalue weighted by molar-refractivity contribution is 7.19. The lowest BCUT2D eigenvalue weighted by Gasteiger charge is -2.36. The van der Waals surface area contributed by atoms with Crippen molar-refractivity contribution >= 4 is 39.0 Å². The van der Waals surface area contributed by atoms with E-state index in [0.29, 0.717) is 37.3 Å². The van der Waals surface area contributed by atoms with Crippen LogP contribution in [0, 0.1) is 17.0 Å². The van der Waals surface area contributed by atoms with E-state index in [4.69, 9.17) is 9.97 Å². The van der Waals surface area contributed by atoms with Gasteiger partial charge in [-0.1, -0.05) is 19.4 Å². The molecular weight excluding hydrogens is 462 g/mol. The Balaban J connectivity index is 1.41. The Labute approximate surface area is 209 Å². The highest BCUT2D eigenvalue weighted by Gasteiger charge is 2.28. The summed E-state index contributed by atoms with van der Waals surface area (Å²) in [6.07, 6.45) is 7.79. The number of piperazine rings is 1. The van der Waals surface area contributed by atoms with Crippen LogP contribution >= 0.6 is 11.3 Å². The van der Waals surface area contributed by atoms with Gasteiger partial charge in [0.1, 0.15) is 16.5 Å². The second kappa shape index (κ2) is 9.89. The Morgan fingerprint density at radius 3 is 2.63 bits per heavy atom. The van der Waals surface area contributed by atoms with Gasteiger partial charge >= 0.3 is 0 Å². The molecule has 1 aliphatic heterocycles. The molecule has 3 heterocycles. The first-order valence-electron chi connectivity index (χ1n) is 12.6. The Kier molecular flexibility index (Phi) is 6.69. The number of nitro benzene ring substituents is 1. The zero-order valence-corrected chi connectivity index (χ0v) is 21.2. The fraction of sp³-hybridized carbons (Fsp3) is 0.500. The smallest absolute Gasteiger partial charge is 0.273 e. The Bertz CT molecular complexity index is 1280. The summed E-state index contributed by atoms with van der Waals surface area (Å²) in [5.74, 6) is 1.77. The molecule has 0 saturated carbocycles. The number of thiophene rings is 1. The third-order valence-corrected chi connectivity index (χ3v) is 8.27. The molecule has 9 heteroatoms. The molecule has 1 saturated heterocycles. The van der Waals surface area contributed by atoms with Crippen LogP contribution in [-0.2, 0) is 19.3 Å². The minimum absolute atomic E-state index is 0.0144. The highest BCUT2D eigenvalue weighted by atomic mass is 32.1. The SMILES string of the molecule is CCCc1nc(N2CCN(C(=O)c3ccc(C)c([N+](=O)[O-])c3)CC2)c2c3c(sc2n1)CCCCC3. The Hall–Kier alpha value is -3.07. The molecule has 2 aromatic heterocycles. The molecule has 35 heavy (non-hydrogen) atoms. The van der Waals surface area contributed by atoms with Crippen LogP contribution in [0.5, 0.6) is 0 Å². The number of carbonyl (C=O) groups is 1. The van der Waals surface area contributed by atoms with E-state index in [1.807, 2.05) is 11.3 Å². The predicted octanol–water partition coefficient (Wildman–Crippen LogP) is 5.09. The van der Waals surface area contributed by atoms with Crippen LogP contribution in [0.2, 0.25) is 0 Å². The molecule has 0 radical (unpaired) electrons. The van der Waals surface area contributed by atoms with Gasteiger partial charge in [0.25, 0.3) is 11.6 Å². The van der Waals surface area contributed by atoms with Gasteiger partial charge in [-0.25, -0.2) is 9.97 Å². The predicted molar refractivity (Wildman–Crippen MR) is 139 cm³/mol. The molecule has 1 fully saturated rings. The van der Waals surface area contributed by atoms with E-state index in [1.54, 1.807) is 24.0 Å². The second-order valence-corrected chi connectivity index (χ2v) is 10.6. The number of amides is 1.